The third-order valence-electron chi connectivity index (χ3n) is 7.42. The number of hydrogen-bond acceptors (Lipinski definition) is 2. The first kappa shape index (κ1) is 24.1. The predicted molar refractivity (Wildman–Crippen MR) is 135 cm³/mol. The highest BCUT2D eigenvalue weighted by Crippen LogP contribution is 2.41. The van der Waals surface area contributed by atoms with E-state index in [1.165, 1.54) is 25.7 Å². The van der Waals surface area contributed by atoms with Crippen LogP contribution in [0.5, 0.6) is 0 Å². The van der Waals surface area contributed by atoms with Gasteiger partial charge in [-0.3, -0.25) is 4.68 Å². The molecule has 1 aliphatic rings. The fourth-order valence-corrected chi connectivity index (χ4v) is 11.2. The van der Waals surface area contributed by atoms with E-state index in [2.05, 4.69) is 80.9 Å². The van der Waals surface area contributed by atoms with Crippen LogP contribution in [-0.4, -0.2) is 22.8 Å². The lowest BCUT2D eigenvalue weighted by Gasteiger charge is -2.38. The Kier molecular flexibility index (Phi) is 7.38. The second-order valence-corrected chi connectivity index (χ2v) is 16.6. The molecule has 1 aliphatic carbocycles. The van der Waals surface area contributed by atoms with Crippen LogP contribution in [0.4, 0.5) is 0 Å². The number of rotatable bonds is 6. The molecule has 0 aliphatic heterocycles. The zero-order valence-corrected chi connectivity index (χ0v) is 22.1. The minimum atomic E-state index is -1.78. The molecule has 0 bridgehead atoms. The summed E-state index contributed by atoms with van der Waals surface area (Å²) in [5.41, 5.74) is 8.61. The molecule has 0 saturated heterocycles. The van der Waals surface area contributed by atoms with Crippen LogP contribution < -0.4 is 0 Å². The van der Waals surface area contributed by atoms with E-state index in [1.54, 1.807) is 0 Å². The van der Waals surface area contributed by atoms with Gasteiger partial charge in [0.2, 0.25) is 0 Å². The van der Waals surface area contributed by atoms with Crippen molar-refractivity contribution >= 4 is 19.7 Å². The minimum absolute atomic E-state index is 0.365. The predicted octanol–water partition coefficient (Wildman–Crippen LogP) is 7.75. The van der Waals surface area contributed by atoms with Crippen molar-refractivity contribution in [2.75, 3.05) is 0 Å². The van der Waals surface area contributed by atoms with E-state index in [9.17, 15) is 0 Å². The summed E-state index contributed by atoms with van der Waals surface area (Å²) in [5, 5.41) is 5.10. The zero-order chi connectivity index (χ0) is 22.8. The van der Waals surface area contributed by atoms with Crippen molar-refractivity contribution in [2.24, 2.45) is 5.41 Å². The van der Waals surface area contributed by atoms with Crippen LogP contribution >= 0.6 is 11.6 Å². The van der Waals surface area contributed by atoms with Crippen LogP contribution in [0, 0.1) is 16.9 Å². The van der Waals surface area contributed by atoms with E-state index in [4.69, 9.17) is 11.6 Å². The number of nitrogens with zero attached hydrogens (tertiary/aromatic N) is 3. The van der Waals surface area contributed by atoms with E-state index in [1.807, 2.05) is 18.3 Å². The summed E-state index contributed by atoms with van der Waals surface area (Å²) in [6, 6.07) is 4.05. The van der Waals surface area contributed by atoms with Crippen LogP contribution in [0.25, 0.3) is 11.1 Å². The molecule has 2 aromatic heterocycles. The molecule has 3 rings (SSSR count). The van der Waals surface area contributed by atoms with Gasteiger partial charge < -0.3 is 0 Å². The van der Waals surface area contributed by atoms with Crippen LogP contribution in [0.3, 0.4) is 0 Å². The molecule has 3 nitrogen and oxygen atoms in total. The molecule has 0 amide bonds. The standard InChI is InChI=1S/C26H38ClN3Si/c1-19(2)31(20(3)4,21(5)6)15-12-23-10-11-24(25(27)29-23)22-16-28-30(17-22)18-26(7)13-8-9-14-26/h10-11,16-17,19-21H,8-9,13-14,18H2,1-7H3. The monoisotopic (exact) mass is 455 g/mol. The lowest BCUT2D eigenvalue weighted by atomic mass is 9.89. The third kappa shape index (κ3) is 5.09. The summed E-state index contributed by atoms with van der Waals surface area (Å²) in [5.74, 6) is 3.40. The number of halogens is 1. The molecule has 2 aromatic rings. The Balaban J connectivity index is 1.84. The smallest absolute Gasteiger partial charge is 0.146 e. The molecule has 0 unspecified atom stereocenters. The highest BCUT2D eigenvalue weighted by atomic mass is 35.5. The molecule has 168 valence electrons. The maximum absolute atomic E-state index is 6.60. The molecule has 0 atom stereocenters. The van der Waals surface area contributed by atoms with E-state index >= 15 is 0 Å². The summed E-state index contributed by atoms with van der Waals surface area (Å²) in [6.45, 7) is 17.3. The van der Waals surface area contributed by atoms with Gasteiger partial charge in [0.15, 0.2) is 0 Å². The van der Waals surface area contributed by atoms with Crippen LogP contribution in [0.15, 0.2) is 24.5 Å². The van der Waals surface area contributed by atoms with Crippen molar-refractivity contribution in [1.29, 1.82) is 0 Å². The molecule has 1 fully saturated rings. The van der Waals surface area contributed by atoms with Gasteiger partial charge in [0, 0.05) is 23.9 Å². The minimum Gasteiger partial charge on any atom is -0.272 e. The summed E-state index contributed by atoms with van der Waals surface area (Å²) in [7, 11) is -1.78. The first-order chi connectivity index (χ1) is 14.6. The van der Waals surface area contributed by atoms with Gasteiger partial charge >= 0.3 is 0 Å². The van der Waals surface area contributed by atoms with E-state index in [-0.39, 0.29) is 0 Å². The summed E-state index contributed by atoms with van der Waals surface area (Å²) in [4.78, 5) is 4.63. The number of pyridine rings is 1. The SMILES string of the molecule is CC(C)[Si](C#Cc1ccc(-c2cnn(CC3(C)CCCC3)c2)c(Cl)n1)(C(C)C)C(C)C. The normalized spacial score (nSPS) is 16.2. The van der Waals surface area contributed by atoms with Gasteiger partial charge in [0.1, 0.15) is 18.9 Å². The van der Waals surface area contributed by atoms with Crippen molar-refractivity contribution in [3.05, 3.63) is 35.4 Å². The van der Waals surface area contributed by atoms with Crippen LogP contribution in [0.1, 0.15) is 79.8 Å². The van der Waals surface area contributed by atoms with Crippen molar-refractivity contribution in [3.63, 3.8) is 0 Å². The Morgan fingerprint density at radius 3 is 2.23 bits per heavy atom. The molecule has 31 heavy (non-hydrogen) atoms. The first-order valence-corrected chi connectivity index (χ1v) is 14.4. The van der Waals surface area contributed by atoms with E-state index in [0.717, 1.165) is 23.4 Å². The van der Waals surface area contributed by atoms with Gasteiger partial charge in [0.25, 0.3) is 0 Å². The summed E-state index contributed by atoms with van der Waals surface area (Å²) < 4.78 is 2.07. The highest BCUT2D eigenvalue weighted by molar-refractivity contribution is 6.90. The van der Waals surface area contributed by atoms with Crippen LogP contribution in [0.2, 0.25) is 21.8 Å². The van der Waals surface area contributed by atoms with Crippen molar-refractivity contribution in [1.82, 2.24) is 14.8 Å². The second-order valence-electron chi connectivity index (χ2n) is 10.6. The van der Waals surface area contributed by atoms with Crippen molar-refractivity contribution in [2.45, 2.75) is 97.3 Å². The Morgan fingerprint density at radius 2 is 1.68 bits per heavy atom. The molecular weight excluding hydrogens is 418 g/mol. The fourth-order valence-electron chi connectivity index (χ4n) is 5.69. The third-order valence-corrected chi connectivity index (χ3v) is 14.0. The largest absolute Gasteiger partial charge is 0.272 e. The zero-order valence-electron chi connectivity index (χ0n) is 20.3. The molecule has 0 N–H and O–H groups in total. The van der Waals surface area contributed by atoms with E-state index < -0.39 is 8.07 Å². The molecule has 0 radical (unpaired) electrons. The van der Waals surface area contributed by atoms with Gasteiger partial charge in [-0.15, -0.1) is 5.54 Å². The summed E-state index contributed by atoms with van der Waals surface area (Å²) in [6.07, 6.45) is 9.24. The molecule has 5 heteroatoms. The Morgan fingerprint density at radius 1 is 1.06 bits per heavy atom. The Hall–Kier alpha value is -1.57. The summed E-state index contributed by atoms with van der Waals surface area (Å²) >= 11 is 6.60. The lowest BCUT2D eigenvalue weighted by molar-refractivity contribution is 0.268. The van der Waals surface area contributed by atoms with Gasteiger partial charge in [-0.2, -0.15) is 5.10 Å². The van der Waals surface area contributed by atoms with E-state index in [0.29, 0.717) is 27.2 Å². The maximum atomic E-state index is 6.60. The maximum Gasteiger partial charge on any atom is 0.146 e. The molecule has 0 spiro atoms. The van der Waals surface area contributed by atoms with Crippen molar-refractivity contribution < 1.29 is 0 Å². The second kappa shape index (κ2) is 9.51. The average Bonchev–Trinajstić information content (AvgIpc) is 3.31. The lowest BCUT2D eigenvalue weighted by Crippen LogP contribution is -2.43. The Bertz CT molecular complexity index is 937. The quantitative estimate of drug-likeness (QED) is 0.253. The van der Waals surface area contributed by atoms with Gasteiger partial charge in [-0.1, -0.05) is 78.8 Å². The Labute approximate surface area is 195 Å². The number of aromatic nitrogens is 3. The van der Waals surface area contributed by atoms with Gasteiger partial charge in [0.05, 0.1) is 6.20 Å². The van der Waals surface area contributed by atoms with Crippen molar-refractivity contribution in [3.8, 4) is 22.6 Å². The molecular formula is C26H38ClN3Si. The van der Waals surface area contributed by atoms with Gasteiger partial charge in [-0.05, 0) is 47.0 Å². The topological polar surface area (TPSA) is 30.7 Å². The molecule has 0 aromatic carbocycles. The van der Waals surface area contributed by atoms with Gasteiger partial charge in [-0.25, -0.2) is 4.98 Å². The molecule has 1 saturated carbocycles. The molecule has 2 heterocycles. The first-order valence-electron chi connectivity index (χ1n) is 11.8. The highest BCUT2D eigenvalue weighted by Gasteiger charge is 2.41. The number of hydrogen-bond donors (Lipinski definition) is 0. The van der Waals surface area contributed by atoms with Crippen LogP contribution in [-0.2, 0) is 6.54 Å². The fraction of sp³-hybridized carbons (Fsp3) is 0.615. The average molecular weight is 456 g/mol.